The van der Waals surface area contributed by atoms with Gasteiger partial charge in [-0.1, -0.05) is 44.2 Å². The van der Waals surface area contributed by atoms with Crippen molar-refractivity contribution < 1.29 is 14.3 Å². The Morgan fingerprint density at radius 2 is 1.81 bits per heavy atom. The molecule has 1 aliphatic rings. The van der Waals surface area contributed by atoms with Crippen molar-refractivity contribution >= 4 is 11.9 Å². The van der Waals surface area contributed by atoms with Crippen molar-refractivity contribution in [2.45, 2.75) is 13.8 Å². The molecule has 0 bridgehead atoms. The van der Waals surface area contributed by atoms with Gasteiger partial charge in [-0.05, 0) is 37.4 Å². The molecule has 0 amide bonds. The van der Waals surface area contributed by atoms with Gasteiger partial charge >= 0.3 is 0 Å². The van der Waals surface area contributed by atoms with Crippen LogP contribution < -0.4 is 9.47 Å². The number of hydrogen-bond donors (Lipinski definition) is 0. The molecule has 0 aromatic heterocycles. The lowest BCUT2D eigenvalue weighted by atomic mass is 9.98. The van der Waals surface area contributed by atoms with Crippen molar-refractivity contribution in [3.05, 3.63) is 65.2 Å². The molecule has 1 heterocycles. The summed E-state index contributed by atoms with van der Waals surface area (Å²) in [4.78, 5) is 15.0. The molecule has 0 atom stereocenters. The molecule has 2 aromatic rings. The van der Waals surface area contributed by atoms with E-state index in [1.165, 1.54) is 0 Å². The van der Waals surface area contributed by atoms with Crippen LogP contribution in [-0.2, 0) is 0 Å². The van der Waals surface area contributed by atoms with Gasteiger partial charge in [0.1, 0.15) is 24.7 Å². The summed E-state index contributed by atoms with van der Waals surface area (Å²) < 4.78 is 11.7. The monoisotopic (exact) mass is 351 g/mol. The molecule has 136 valence electrons. The topological polar surface area (TPSA) is 38.8 Å². The second-order valence-electron chi connectivity index (χ2n) is 6.20. The standard InChI is InChI=1S/C22H25NO3/c1-3-23(4-2)13-14-25-20-11-7-5-9-17(20)15-18-16-26-21-12-8-6-10-19(21)22(18)24/h5-12,15H,3-4,13-14,16H2,1-2H3/b18-15+. The minimum atomic E-state index is 0.0183. The Hall–Kier alpha value is -2.59. The first-order chi connectivity index (χ1) is 12.7. The number of carbonyl (C=O) groups is 1. The first kappa shape index (κ1) is 18.2. The van der Waals surface area contributed by atoms with E-state index in [9.17, 15) is 4.79 Å². The predicted octanol–water partition coefficient (Wildman–Crippen LogP) is 4.07. The van der Waals surface area contributed by atoms with Crippen LogP contribution in [0.2, 0.25) is 0 Å². The molecule has 0 saturated heterocycles. The fourth-order valence-electron chi connectivity index (χ4n) is 3.02. The van der Waals surface area contributed by atoms with Crippen molar-refractivity contribution in [3.63, 3.8) is 0 Å². The van der Waals surface area contributed by atoms with E-state index in [0.29, 0.717) is 23.5 Å². The Balaban J connectivity index is 1.76. The fraction of sp³-hybridized carbons (Fsp3) is 0.318. The third kappa shape index (κ3) is 4.14. The number of rotatable bonds is 7. The molecular weight excluding hydrogens is 326 g/mol. The third-order valence-corrected chi connectivity index (χ3v) is 4.61. The summed E-state index contributed by atoms with van der Waals surface area (Å²) in [6, 6.07) is 15.2. The molecule has 4 heteroatoms. The van der Waals surface area contributed by atoms with Gasteiger partial charge in [-0.15, -0.1) is 0 Å². The second kappa shape index (κ2) is 8.68. The Morgan fingerprint density at radius 1 is 1.08 bits per heavy atom. The third-order valence-electron chi connectivity index (χ3n) is 4.61. The van der Waals surface area contributed by atoms with Crippen molar-refractivity contribution in [1.29, 1.82) is 0 Å². The smallest absolute Gasteiger partial charge is 0.196 e. The van der Waals surface area contributed by atoms with Crippen molar-refractivity contribution in [1.82, 2.24) is 4.90 Å². The molecule has 0 N–H and O–H groups in total. The lowest BCUT2D eigenvalue weighted by molar-refractivity contribution is 0.100. The van der Waals surface area contributed by atoms with E-state index in [1.54, 1.807) is 6.07 Å². The summed E-state index contributed by atoms with van der Waals surface area (Å²) in [5, 5.41) is 0. The fourth-order valence-corrected chi connectivity index (χ4v) is 3.02. The number of ether oxygens (including phenoxy) is 2. The Bertz CT molecular complexity index is 793. The molecule has 0 radical (unpaired) electrons. The van der Waals surface area contributed by atoms with Gasteiger partial charge in [0.05, 0.1) is 5.56 Å². The highest BCUT2D eigenvalue weighted by molar-refractivity contribution is 6.14. The zero-order valence-corrected chi connectivity index (χ0v) is 15.4. The lowest BCUT2D eigenvalue weighted by Gasteiger charge is -2.20. The highest BCUT2D eigenvalue weighted by atomic mass is 16.5. The van der Waals surface area contributed by atoms with E-state index in [-0.39, 0.29) is 12.4 Å². The van der Waals surface area contributed by atoms with E-state index < -0.39 is 0 Å². The summed E-state index contributed by atoms with van der Waals surface area (Å²) in [6.45, 7) is 8.10. The highest BCUT2D eigenvalue weighted by Gasteiger charge is 2.23. The Morgan fingerprint density at radius 3 is 2.62 bits per heavy atom. The number of ketones is 1. The number of carbonyl (C=O) groups excluding carboxylic acids is 1. The summed E-state index contributed by atoms with van der Waals surface area (Å²) >= 11 is 0. The average Bonchev–Trinajstić information content (AvgIpc) is 2.69. The van der Waals surface area contributed by atoms with E-state index in [0.717, 1.165) is 30.9 Å². The molecule has 0 saturated carbocycles. The normalized spacial score (nSPS) is 15.0. The Labute approximate surface area is 155 Å². The number of nitrogens with zero attached hydrogens (tertiary/aromatic N) is 1. The van der Waals surface area contributed by atoms with Crippen LogP contribution in [0.3, 0.4) is 0 Å². The van der Waals surface area contributed by atoms with Gasteiger partial charge in [-0.2, -0.15) is 0 Å². The van der Waals surface area contributed by atoms with Crippen LogP contribution >= 0.6 is 0 Å². The quantitative estimate of drug-likeness (QED) is 0.705. The molecule has 3 rings (SSSR count). The number of likely N-dealkylation sites (N-methyl/N-ethyl adjacent to an activating group) is 1. The molecular formula is C22H25NO3. The van der Waals surface area contributed by atoms with E-state index in [2.05, 4.69) is 18.7 Å². The highest BCUT2D eigenvalue weighted by Crippen LogP contribution is 2.29. The Kier molecular flexibility index (Phi) is 6.08. The maximum absolute atomic E-state index is 12.7. The van der Waals surface area contributed by atoms with Crippen LogP contribution in [0.25, 0.3) is 6.08 Å². The van der Waals surface area contributed by atoms with Gasteiger partial charge in [0.2, 0.25) is 0 Å². The maximum atomic E-state index is 12.7. The van der Waals surface area contributed by atoms with Crippen LogP contribution in [0.15, 0.2) is 54.1 Å². The second-order valence-corrected chi connectivity index (χ2v) is 6.20. The van der Waals surface area contributed by atoms with Crippen molar-refractivity contribution in [2.24, 2.45) is 0 Å². The number of para-hydroxylation sites is 2. The minimum absolute atomic E-state index is 0.0183. The van der Waals surface area contributed by atoms with Gasteiger partial charge in [0, 0.05) is 17.7 Å². The largest absolute Gasteiger partial charge is 0.492 e. The SMILES string of the molecule is CCN(CC)CCOc1ccccc1/C=C1\COc2ccccc2C1=O. The van der Waals surface area contributed by atoms with Gasteiger partial charge in [-0.3, -0.25) is 4.79 Å². The van der Waals surface area contributed by atoms with Crippen LogP contribution in [-0.4, -0.2) is 43.5 Å². The number of Topliss-reactive ketones (excluding diaryl/α,β-unsaturated/α-hetero) is 1. The predicted molar refractivity (Wildman–Crippen MR) is 104 cm³/mol. The zero-order valence-electron chi connectivity index (χ0n) is 15.4. The van der Waals surface area contributed by atoms with Gasteiger partial charge in [-0.25, -0.2) is 0 Å². The van der Waals surface area contributed by atoms with Crippen molar-refractivity contribution in [2.75, 3.05) is 32.8 Å². The van der Waals surface area contributed by atoms with Crippen LogP contribution in [0.1, 0.15) is 29.8 Å². The van der Waals surface area contributed by atoms with E-state index >= 15 is 0 Å². The molecule has 0 spiro atoms. The van der Waals surface area contributed by atoms with Crippen LogP contribution in [0.5, 0.6) is 11.5 Å². The molecule has 2 aromatic carbocycles. The van der Waals surface area contributed by atoms with E-state index in [4.69, 9.17) is 9.47 Å². The molecule has 26 heavy (non-hydrogen) atoms. The van der Waals surface area contributed by atoms with Crippen molar-refractivity contribution in [3.8, 4) is 11.5 Å². The molecule has 1 aliphatic heterocycles. The molecule has 0 unspecified atom stereocenters. The first-order valence-electron chi connectivity index (χ1n) is 9.14. The first-order valence-corrected chi connectivity index (χ1v) is 9.14. The number of fused-ring (bicyclic) bond motifs is 1. The molecule has 0 fully saturated rings. The minimum Gasteiger partial charge on any atom is -0.492 e. The summed E-state index contributed by atoms with van der Waals surface area (Å²) in [5.41, 5.74) is 2.16. The molecule has 0 aliphatic carbocycles. The van der Waals surface area contributed by atoms with E-state index in [1.807, 2.05) is 48.5 Å². The summed E-state index contributed by atoms with van der Waals surface area (Å²) in [7, 11) is 0. The summed E-state index contributed by atoms with van der Waals surface area (Å²) in [6.07, 6.45) is 1.88. The lowest BCUT2D eigenvalue weighted by Crippen LogP contribution is -2.28. The van der Waals surface area contributed by atoms with Gasteiger partial charge < -0.3 is 14.4 Å². The van der Waals surface area contributed by atoms with Gasteiger partial charge in [0.15, 0.2) is 5.78 Å². The molecule has 4 nitrogen and oxygen atoms in total. The number of benzene rings is 2. The van der Waals surface area contributed by atoms with Gasteiger partial charge in [0.25, 0.3) is 0 Å². The van der Waals surface area contributed by atoms with Crippen LogP contribution in [0, 0.1) is 0 Å². The maximum Gasteiger partial charge on any atom is 0.196 e. The summed E-state index contributed by atoms with van der Waals surface area (Å²) in [5.74, 6) is 1.46. The average molecular weight is 351 g/mol. The zero-order chi connectivity index (χ0) is 18.4. The van der Waals surface area contributed by atoms with Crippen LogP contribution in [0.4, 0.5) is 0 Å². The number of hydrogen-bond acceptors (Lipinski definition) is 4.